The third-order valence-electron chi connectivity index (χ3n) is 3.96. The number of rotatable bonds is 3. The average Bonchev–Trinajstić information content (AvgIpc) is 2.93. The molecule has 0 radical (unpaired) electrons. The second kappa shape index (κ2) is 5.61. The third kappa shape index (κ3) is 2.89. The predicted octanol–water partition coefficient (Wildman–Crippen LogP) is 1.35. The second-order valence-electron chi connectivity index (χ2n) is 5.32. The highest BCUT2D eigenvalue weighted by molar-refractivity contribution is 5.94. The fourth-order valence-electron chi connectivity index (χ4n) is 2.75. The van der Waals surface area contributed by atoms with E-state index in [4.69, 9.17) is 4.74 Å². The van der Waals surface area contributed by atoms with E-state index in [0.29, 0.717) is 5.92 Å². The molecule has 4 nitrogen and oxygen atoms in total. The van der Waals surface area contributed by atoms with Crippen molar-refractivity contribution in [1.29, 1.82) is 0 Å². The van der Waals surface area contributed by atoms with Crippen LogP contribution in [0.3, 0.4) is 0 Å². The first-order chi connectivity index (χ1) is 9.33. The quantitative estimate of drug-likeness (QED) is 0.862. The zero-order chi connectivity index (χ0) is 13.1. The van der Waals surface area contributed by atoms with Crippen LogP contribution in [0.15, 0.2) is 18.2 Å². The van der Waals surface area contributed by atoms with Crippen molar-refractivity contribution in [2.75, 3.05) is 26.2 Å². The number of nitrogens with one attached hydrogen (secondary N) is 2. The zero-order valence-corrected chi connectivity index (χ0v) is 11.1. The zero-order valence-electron chi connectivity index (χ0n) is 11.1. The number of benzene rings is 1. The van der Waals surface area contributed by atoms with E-state index in [-0.39, 0.29) is 5.91 Å². The minimum Gasteiger partial charge on any atom is -0.493 e. The van der Waals surface area contributed by atoms with Gasteiger partial charge in [-0.3, -0.25) is 4.79 Å². The van der Waals surface area contributed by atoms with Crippen LogP contribution in [0, 0.1) is 5.92 Å². The highest BCUT2D eigenvalue weighted by atomic mass is 16.5. The van der Waals surface area contributed by atoms with Gasteiger partial charge in [0, 0.05) is 18.5 Å². The second-order valence-corrected chi connectivity index (χ2v) is 5.32. The monoisotopic (exact) mass is 260 g/mol. The molecular weight excluding hydrogens is 240 g/mol. The Labute approximate surface area is 113 Å². The molecule has 1 saturated heterocycles. The number of piperidine rings is 1. The van der Waals surface area contributed by atoms with Gasteiger partial charge in [0.15, 0.2) is 0 Å². The summed E-state index contributed by atoms with van der Waals surface area (Å²) in [4.78, 5) is 12.1. The molecule has 1 amide bonds. The molecule has 0 bridgehead atoms. The van der Waals surface area contributed by atoms with Crippen LogP contribution in [0.5, 0.6) is 5.75 Å². The summed E-state index contributed by atoms with van der Waals surface area (Å²) in [5, 5.41) is 6.39. The van der Waals surface area contributed by atoms with Crippen molar-refractivity contribution < 1.29 is 9.53 Å². The Hall–Kier alpha value is -1.55. The van der Waals surface area contributed by atoms with E-state index in [0.717, 1.165) is 62.4 Å². The van der Waals surface area contributed by atoms with Gasteiger partial charge in [0.25, 0.3) is 5.91 Å². The molecular formula is C15H20N2O2. The molecule has 2 heterocycles. The molecule has 4 heteroatoms. The van der Waals surface area contributed by atoms with Crippen LogP contribution in [0.25, 0.3) is 0 Å². The number of hydrogen-bond donors (Lipinski definition) is 2. The van der Waals surface area contributed by atoms with Gasteiger partial charge < -0.3 is 15.4 Å². The maximum absolute atomic E-state index is 12.1. The fourth-order valence-corrected chi connectivity index (χ4v) is 2.75. The van der Waals surface area contributed by atoms with Crippen molar-refractivity contribution in [3.8, 4) is 5.75 Å². The third-order valence-corrected chi connectivity index (χ3v) is 3.96. The topological polar surface area (TPSA) is 50.4 Å². The lowest BCUT2D eigenvalue weighted by atomic mass is 9.98. The largest absolute Gasteiger partial charge is 0.493 e. The van der Waals surface area contributed by atoms with Crippen molar-refractivity contribution in [2.45, 2.75) is 19.3 Å². The van der Waals surface area contributed by atoms with Crippen molar-refractivity contribution in [3.63, 3.8) is 0 Å². The Morgan fingerprint density at radius 3 is 3.05 bits per heavy atom. The Bertz CT molecular complexity index is 467. The Morgan fingerprint density at radius 1 is 1.37 bits per heavy atom. The molecule has 0 saturated carbocycles. The predicted molar refractivity (Wildman–Crippen MR) is 73.6 cm³/mol. The number of carbonyl (C=O) groups excluding carboxylic acids is 1. The van der Waals surface area contributed by atoms with Crippen LogP contribution in [-0.2, 0) is 6.42 Å². The SMILES string of the molecule is O=C(NCC1CCNCC1)c1ccc2c(c1)CCO2. The van der Waals surface area contributed by atoms with Gasteiger partial charge in [0.1, 0.15) is 5.75 Å². The molecule has 2 aliphatic heterocycles. The molecule has 0 unspecified atom stereocenters. The highest BCUT2D eigenvalue weighted by Gasteiger charge is 2.17. The molecule has 1 aromatic carbocycles. The van der Waals surface area contributed by atoms with Gasteiger partial charge in [0.05, 0.1) is 6.61 Å². The van der Waals surface area contributed by atoms with E-state index in [9.17, 15) is 4.79 Å². The normalized spacial score (nSPS) is 18.7. The average molecular weight is 260 g/mol. The lowest BCUT2D eigenvalue weighted by Crippen LogP contribution is -2.35. The van der Waals surface area contributed by atoms with Crippen LogP contribution in [0.4, 0.5) is 0 Å². The molecule has 1 aromatic rings. The molecule has 0 atom stereocenters. The highest BCUT2D eigenvalue weighted by Crippen LogP contribution is 2.25. The number of amides is 1. The summed E-state index contributed by atoms with van der Waals surface area (Å²) in [7, 11) is 0. The number of ether oxygens (including phenoxy) is 1. The van der Waals surface area contributed by atoms with Crippen LogP contribution in [0.1, 0.15) is 28.8 Å². The first-order valence-corrected chi connectivity index (χ1v) is 7.07. The first-order valence-electron chi connectivity index (χ1n) is 7.07. The number of hydrogen-bond acceptors (Lipinski definition) is 3. The van der Waals surface area contributed by atoms with Crippen molar-refractivity contribution in [1.82, 2.24) is 10.6 Å². The van der Waals surface area contributed by atoms with E-state index in [1.807, 2.05) is 18.2 Å². The minimum atomic E-state index is 0.0354. The van der Waals surface area contributed by atoms with Gasteiger partial charge >= 0.3 is 0 Å². The molecule has 102 valence electrons. The Kier molecular flexibility index (Phi) is 3.69. The first kappa shape index (κ1) is 12.5. The molecule has 2 aliphatic rings. The summed E-state index contributed by atoms with van der Waals surface area (Å²) in [6.45, 7) is 3.65. The summed E-state index contributed by atoms with van der Waals surface area (Å²) >= 11 is 0. The molecule has 0 aliphatic carbocycles. The number of fused-ring (bicyclic) bond motifs is 1. The van der Waals surface area contributed by atoms with E-state index < -0.39 is 0 Å². The Balaban J connectivity index is 1.57. The summed E-state index contributed by atoms with van der Waals surface area (Å²) in [6, 6.07) is 5.71. The molecule has 2 N–H and O–H groups in total. The van der Waals surface area contributed by atoms with Crippen LogP contribution in [-0.4, -0.2) is 32.1 Å². The van der Waals surface area contributed by atoms with Crippen molar-refractivity contribution in [2.24, 2.45) is 5.92 Å². The van der Waals surface area contributed by atoms with Gasteiger partial charge in [0.2, 0.25) is 0 Å². The van der Waals surface area contributed by atoms with Gasteiger partial charge in [-0.25, -0.2) is 0 Å². The molecule has 0 spiro atoms. The summed E-state index contributed by atoms with van der Waals surface area (Å²) in [6.07, 6.45) is 3.21. The minimum absolute atomic E-state index is 0.0354. The lowest BCUT2D eigenvalue weighted by Gasteiger charge is -2.22. The summed E-state index contributed by atoms with van der Waals surface area (Å²) in [5.41, 5.74) is 1.90. The fraction of sp³-hybridized carbons (Fsp3) is 0.533. The van der Waals surface area contributed by atoms with E-state index in [2.05, 4.69) is 10.6 Å². The van der Waals surface area contributed by atoms with Crippen LogP contribution in [0.2, 0.25) is 0 Å². The van der Waals surface area contributed by atoms with Gasteiger partial charge in [-0.1, -0.05) is 0 Å². The van der Waals surface area contributed by atoms with Crippen LogP contribution >= 0.6 is 0 Å². The lowest BCUT2D eigenvalue weighted by molar-refractivity contribution is 0.0944. The molecule has 3 rings (SSSR count). The van der Waals surface area contributed by atoms with Gasteiger partial charge in [-0.05, 0) is 55.6 Å². The van der Waals surface area contributed by atoms with Gasteiger partial charge in [-0.15, -0.1) is 0 Å². The smallest absolute Gasteiger partial charge is 0.251 e. The van der Waals surface area contributed by atoms with Crippen molar-refractivity contribution >= 4 is 5.91 Å². The molecule has 0 aromatic heterocycles. The van der Waals surface area contributed by atoms with Crippen LogP contribution < -0.4 is 15.4 Å². The number of carbonyl (C=O) groups is 1. The molecule has 1 fully saturated rings. The Morgan fingerprint density at radius 2 is 2.21 bits per heavy atom. The van der Waals surface area contributed by atoms with E-state index in [1.165, 1.54) is 0 Å². The maximum Gasteiger partial charge on any atom is 0.251 e. The summed E-state index contributed by atoms with van der Waals surface area (Å²) < 4.78 is 5.45. The summed E-state index contributed by atoms with van der Waals surface area (Å²) in [5.74, 6) is 1.58. The van der Waals surface area contributed by atoms with Gasteiger partial charge in [-0.2, -0.15) is 0 Å². The van der Waals surface area contributed by atoms with Crippen molar-refractivity contribution in [3.05, 3.63) is 29.3 Å². The standard InChI is InChI=1S/C15H20N2O2/c18-15(17-10-11-3-6-16-7-4-11)13-1-2-14-12(9-13)5-8-19-14/h1-2,9,11,16H,3-8,10H2,(H,17,18). The van der Waals surface area contributed by atoms with E-state index in [1.54, 1.807) is 0 Å². The van der Waals surface area contributed by atoms with E-state index >= 15 is 0 Å². The molecule has 19 heavy (non-hydrogen) atoms. The maximum atomic E-state index is 12.1.